The molecule has 0 spiro atoms. The minimum Gasteiger partial charge on any atom is -0.316 e. The van der Waals surface area contributed by atoms with Crippen LogP contribution in [0.1, 0.15) is 18.4 Å². The molecule has 1 N–H and O–H groups in total. The molecule has 0 bridgehead atoms. The van der Waals surface area contributed by atoms with Gasteiger partial charge in [-0.25, -0.2) is 0 Å². The first-order valence-electron chi connectivity index (χ1n) is 8.45. The fourth-order valence-corrected chi connectivity index (χ4v) is 3.14. The van der Waals surface area contributed by atoms with Gasteiger partial charge in [-0.15, -0.1) is 12.4 Å². The molecule has 1 unspecified atom stereocenters. The van der Waals surface area contributed by atoms with Crippen molar-refractivity contribution >= 4 is 24.0 Å². The molecule has 128 valence electrons. The maximum absolute atomic E-state index is 13.0. The lowest BCUT2D eigenvalue weighted by Crippen LogP contribution is -2.44. The molecule has 1 saturated heterocycles. The number of nitrogens with one attached hydrogen (secondary N) is 1. The van der Waals surface area contributed by atoms with Gasteiger partial charge < -0.3 is 10.2 Å². The summed E-state index contributed by atoms with van der Waals surface area (Å²) in [5.41, 5.74) is 2.27. The number of para-hydroxylation sites is 1. The van der Waals surface area contributed by atoms with Crippen molar-refractivity contribution in [2.75, 3.05) is 24.5 Å². The highest BCUT2D eigenvalue weighted by Gasteiger charge is 2.26. The third kappa shape index (κ3) is 4.83. The largest absolute Gasteiger partial charge is 0.316 e. The average molecular weight is 345 g/mol. The van der Waals surface area contributed by atoms with Crippen LogP contribution in [-0.2, 0) is 11.2 Å². The van der Waals surface area contributed by atoms with E-state index in [1.54, 1.807) is 0 Å². The van der Waals surface area contributed by atoms with Crippen LogP contribution >= 0.6 is 12.4 Å². The molecule has 1 fully saturated rings. The Labute approximate surface area is 150 Å². The second-order valence-electron chi connectivity index (χ2n) is 6.10. The van der Waals surface area contributed by atoms with Gasteiger partial charge in [0.15, 0.2) is 0 Å². The summed E-state index contributed by atoms with van der Waals surface area (Å²) in [5, 5.41) is 3.35. The Morgan fingerprint density at radius 1 is 1.04 bits per heavy atom. The minimum absolute atomic E-state index is 0. The van der Waals surface area contributed by atoms with Crippen LogP contribution < -0.4 is 10.2 Å². The molecule has 1 heterocycles. The highest BCUT2D eigenvalue weighted by atomic mass is 35.5. The van der Waals surface area contributed by atoms with E-state index >= 15 is 0 Å². The maximum Gasteiger partial charge on any atom is 0.231 e. The number of hydrogen-bond acceptors (Lipinski definition) is 2. The monoisotopic (exact) mass is 344 g/mol. The predicted molar refractivity (Wildman–Crippen MR) is 102 cm³/mol. The Morgan fingerprint density at radius 3 is 2.33 bits per heavy atom. The van der Waals surface area contributed by atoms with E-state index in [9.17, 15) is 4.79 Å². The molecular formula is C20H25ClN2O. The van der Waals surface area contributed by atoms with Crippen LogP contribution in [0.3, 0.4) is 0 Å². The minimum atomic E-state index is 0. The van der Waals surface area contributed by atoms with Gasteiger partial charge in [0, 0.05) is 18.8 Å². The van der Waals surface area contributed by atoms with Crippen molar-refractivity contribution in [1.29, 1.82) is 0 Å². The lowest BCUT2D eigenvalue weighted by atomic mass is 9.97. The summed E-state index contributed by atoms with van der Waals surface area (Å²) in [6.07, 6.45) is 2.94. The highest BCUT2D eigenvalue weighted by molar-refractivity contribution is 5.95. The zero-order valence-electron chi connectivity index (χ0n) is 13.9. The van der Waals surface area contributed by atoms with Gasteiger partial charge in [0.25, 0.3) is 0 Å². The van der Waals surface area contributed by atoms with E-state index in [0.717, 1.165) is 44.6 Å². The summed E-state index contributed by atoms with van der Waals surface area (Å²) in [7, 11) is 0. The van der Waals surface area contributed by atoms with E-state index in [-0.39, 0.29) is 24.2 Å². The standard InChI is InChI=1S/C20H24N2O.ClH/c23-20(18-10-7-14-21-16-18)22(19-11-5-2-6-12-19)15-13-17-8-3-1-4-9-17;/h1-6,8-9,11-12,18,21H,7,10,13-16H2;1H. The number of anilines is 1. The van der Waals surface area contributed by atoms with Crippen molar-refractivity contribution in [3.05, 3.63) is 66.2 Å². The second kappa shape index (κ2) is 9.45. The Balaban J connectivity index is 0.00000208. The number of carbonyl (C=O) groups is 1. The number of nitrogens with zero attached hydrogens (tertiary/aromatic N) is 1. The van der Waals surface area contributed by atoms with E-state index in [4.69, 9.17) is 0 Å². The molecule has 1 aliphatic heterocycles. The van der Waals surface area contributed by atoms with Gasteiger partial charge in [0.05, 0.1) is 5.92 Å². The molecule has 0 aromatic heterocycles. The molecule has 2 aromatic rings. The molecular weight excluding hydrogens is 320 g/mol. The first-order chi connectivity index (χ1) is 11.3. The van der Waals surface area contributed by atoms with Crippen LogP contribution in [-0.4, -0.2) is 25.5 Å². The van der Waals surface area contributed by atoms with E-state index in [2.05, 4.69) is 29.6 Å². The van der Waals surface area contributed by atoms with Crippen molar-refractivity contribution in [1.82, 2.24) is 5.32 Å². The quantitative estimate of drug-likeness (QED) is 0.897. The van der Waals surface area contributed by atoms with E-state index in [1.165, 1.54) is 5.56 Å². The van der Waals surface area contributed by atoms with Gasteiger partial charge in [-0.3, -0.25) is 4.79 Å². The van der Waals surface area contributed by atoms with Crippen LogP contribution in [0.2, 0.25) is 0 Å². The third-order valence-electron chi connectivity index (χ3n) is 4.45. The van der Waals surface area contributed by atoms with Crippen molar-refractivity contribution in [3.63, 3.8) is 0 Å². The molecule has 1 atom stereocenters. The Kier molecular flexibility index (Phi) is 7.29. The van der Waals surface area contributed by atoms with Crippen molar-refractivity contribution in [2.24, 2.45) is 5.92 Å². The Morgan fingerprint density at radius 2 is 1.71 bits per heavy atom. The normalized spacial score (nSPS) is 16.9. The predicted octanol–water partition coefficient (Wildman–Crippen LogP) is 3.68. The first kappa shape index (κ1) is 18.5. The van der Waals surface area contributed by atoms with Crippen LogP contribution in [0.4, 0.5) is 5.69 Å². The highest BCUT2D eigenvalue weighted by Crippen LogP contribution is 2.20. The number of rotatable bonds is 5. The average Bonchev–Trinajstić information content (AvgIpc) is 2.64. The van der Waals surface area contributed by atoms with Crippen molar-refractivity contribution in [2.45, 2.75) is 19.3 Å². The van der Waals surface area contributed by atoms with Gasteiger partial charge in [-0.1, -0.05) is 48.5 Å². The summed E-state index contributed by atoms with van der Waals surface area (Å²) in [4.78, 5) is 15.0. The number of carbonyl (C=O) groups excluding carboxylic acids is 1. The third-order valence-corrected chi connectivity index (χ3v) is 4.45. The second-order valence-corrected chi connectivity index (χ2v) is 6.10. The lowest BCUT2D eigenvalue weighted by Gasteiger charge is -2.30. The molecule has 3 rings (SSSR count). The van der Waals surface area contributed by atoms with E-state index in [0.29, 0.717) is 0 Å². The molecule has 24 heavy (non-hydrogen) atoms. The molecule has 0 saturated carbocycles. The van der Waals surface area contributed by atoms with E-state index in [1.807, 2.05) is 41.3 Å². The van der Waals surface area contributed by atoms with Crippen LogP contribution in [0.15, 0.2) is 60.7 Å². The Bertz CT molecular complexity index is 612. The SMILES string of the molecule is Cl.O=C(C1CCCNC1)N(CCc1ccccc1)c1ccccc1. The molecule has 0 radical (unpaired) electrons. The van der Waals surface area contributed by atoms with Gasteiger partial charge in [-0.2, -0.15) is 0 Å². The number of hydrogen-bond donors (Lipinski definition) is 1. The summed E-state index contributed by atoms with van der Waals surface area (Å²) < 4.78 is 0. The zero-order chi connectivity index (χ0) is 15.9. The number of benzene rings is 2. The van der Waals surface area contributed by atoms with Gasteiger partial charge in [0.2, 0.25) is 5.91 Å². The number of amides is 1. The topological polar surface area (TPSA) is 32.3 Å². The summed E-state index contributed by atoms with van der Waals surface area (Å²) >= 11 is 0. The summed E-state index contributed by atoms with van der Waals surface area (Å²) in [5.74, 6) is 0.346. The van der Waals surface area contributed by atoms with Gasteiger partial charge in [0.1, 0.15) is 0 Å². The fraction of sp³-hybridized carbons (Fsp3) is 0.350. The van der Waals surface area contributed by atoms with Crippen molar-refractivity contribution in [3.8, 4) is 0 Å². The van der Waals surface area contributed by atoms with Gasteiger partial charge >= 0.3 is 0 Å². The van der Waals surface area contributed by atoms with Crippen LogP contribution in [0.5, 0.6) is 0 Å². The van der Waals surface area contributed by atoms with E-state index < -0.39 is 0 Å². The fourth-order valence-electron chi connectivity index (χ4n) is 3.14. The summed E-state index contributed by atoms with van der Waals surface area (Å²) in [6.45, 7) is 2.55. The number of halogens is 1. The smallest absolute Gasteiger partial charge is 0.231 e. The molecule has 3 nitrogen and oxygen atoms in total. The van der Waals surface area contributed by atoms with Crippen LogP contribution in [0, 0.1) is 5.92 Å². The molecule has 2 aromatic carbocycles. The van der Waals surface area contributed by atoms with Crippen LogP contribution in [0.25, 0.3) is 0 Å². The van der Waals surface area contributed by atoms with Gasteiger partial charge in [-0.05, 0) is 43.5 Å². The summed E-state index contributed by atoms with van der Waals surface area (Å²) in [6, 6.07) is 20.4. The Hall–Kier alpha value is -1.84. The molecule has 1 aliphatic rings. The first-order valence-corrected chi connectivity index (χ1v) is 8.45. The lowest BCUT2D eigenvalue weighted by molar-refractivity contribution is -0.122. The van der Waals surface area contributed by atoms with Crippen molar-refractivity contribution < 1.29 is 4.79 Å². The molecule has 4 heteroatoms. The zero-order valence-corrected chi connectivity index (χ0v) is 14.7. The maximum atomic E-state index is 13.0. The number of piperidine rings is 1. The molecule has 1 amide bonds. The molecule has 0 aliphatic carbocycles.